The predicted octanol–water partition coefficient (Wildman–Crippen LogP) is 4.71. The van der Waals surface area contributed by atoms with Gasteiger partial charge < -0.3 is 14.6 Å². The maximum Gasteiger partial charge on any atom is 0.317 e. The number of esters is 2. The Morgan fingerprint density at radius 3 is 1.76 bits per heavy atom. The van der Waals surface area contributed by atoms with Gasteiger partial charge in [-0.2, -0.15) is 0 Å². The van der Waals surface area contributed by atoms with Crippen LogP contribution in [0.4, 0.5) is 0 Å². The van der Waals surface area contributed by atoms with Crippen molar-refractivity contribution in [2.24, 2.45) is 11.8 Å². The van der Waals surface area contributed by atoms with E-state index in [9.17, 15) is 19.5 Å². The highest BCUT2D eigenvalue weighted by atomic mass is 16.6. The Kier molecular flexibility index (Phi) is 7.26. The second-order valence-electron chi connectivity index (χ2n) is 12.4. The number of ether oxygens (including phenoxy) is 2. The zero-order chi connectivity index (χ0) is 25.6. The molecular formula is C27H40O6. The Labute approximate surface area is 198 Å². The average molecular weight is 461 g/mol. The summed E-state index contributed by atoms with van der Waals surface area (Å²) in [6.45, 7) is 18.1. The summed E-state index contributed by atoms with van der Waals surface area (Å²) < 4.78 is 11.2. The lowest BCUT2D eigenvalue weighted by atomic mass is 9.61. The maximum atomic E-state index is 13.4. The van der Waals surface area contributed by atoms with Crippen LogP contribution in [0.25, 0.3) is 0 Å². The summed E-state index contributed by atoms with van der Waals surface area (Å²) in [7, 11) is 0. The number of carbonyl (C=O) groups excluding carboxylic acids is 3. The molecule has 0 amide bonds. The molecule has 1 aromatic rings. The van der Waals surface area contributed by atoms with Crippen molar-refractivity contribution < 1.29 is 29.0 Å². The third-order valence-corrected chi connectivity index (χ3v) is 5.75. The highest BCUT2D eigenvalue weighted by molar-refractivity contribution is 6.03. The number of rotatable bonds is 3. The van der Waals surface area contributed by atoms with Crippen LogP contribution in [0.5, 0.6) is 0 Å². The van der Waals surface area contributed by atoms with Crippen molar-refractivity contribution in [2.45, 2.75) is 104 Å². The van der Waals surface area contributed by atoms with E-state index in [0.29, 0.717) is 5.56 Å². The minimum absolute atomic E-state index is 0.0957. The second kappa shape index (κ2) is 8.86. The molecule has 0 aliphatic heterocycles. The first-order valence-corrected chi connectivity index (χ1v) is 11.5. The smallest absolute Gasteiger partial charge is 0.317 e. The number of aliphatic hydroxyl groups is 1. The number of ketones is 1. The van der Waals surface area contributed by atoms with Crippen molar-refractivity contribution >= 4 is 17.7 Å². The van der Waals surface area contributed by atoms with Gasteiger partial charge in [0.2, 0.25) is 0 Å². The third-order valence-electron chi connectivity index (χ3n) is 5.75. The van der Waals surface area contributed by atoms with Gasteiger partial charge in [0.05, 0.1) is 11.5 Å². The van der Waals surface area contributed by atoms with E-state index in [0.717, 1.165) is 5.56 Å². The second-order valence-corrected chi connectivity index (χ2v) is 12.4. The molecule has 6 nitrogen and oxygen atoms in total. The normalized spacial score (nSPS) is 26.6. The van der Waals surface area contributed by atoms with Crippen LogP contribution in [0.2, 0.25) is 0 Å². The fourth-order valence-electron chi connectivity index (χ4n) is 4.35. The molecule has 0 radical (unpaired) electrons. The summed E-state index contributed by atoms with van der Waals surface area (Å²) in [4.78, 5) is 39.8. The zero-order valence-corrected chi connectivity index (χ0v) is 21.7. The predicted molar refractivity (Wildman–Crippen MR) is 127 cm³/mol. The Balaban J connectivity index is 2.66. The first kappa shape index (κ1) is 27.0. The van der Waals surface area contributed by atoms with E-state index in [1.807, 2.05) is 24.3 Å². The molecule has 1 saturated carbocycles. The third kappa shape index (κ3) is 6.66. The van der Waals surface area contributed by atoms with Crippen LogP contribution in [0.3, 0.4) is 0 Å². The Bertz CT molecular complexity index is 891. The van der Waals surface area contributed by atoms with Crippen LogP contribution in [0.1, 0.15) is 92.7 Å². The lowest BCUT2D eigenvalue weighted by Gasteiger charge is -2.44. The van der Waals surface area contributed by atoms with Crippen molar-refractivity contribution in [2.75, 3.05) is 0 Å². The SMILES string of the molecule is CC(C)(C)OC(=O)[C@@H]1C(=O)C[C@@](C)(O)[C@@H](C(=O)OC(C)(C)C)[C@H]1c1ccc(C(C)(C)C)cc1. The lowest BCUT2D eigenvalue weighted by molar-refractivity contribution is -0.182. The number of hydrogen-bond acceptors (Lipinski definition) is 6. The van der Waals surface area contributed by atoms with Gasteiger partial charge in [-0.1, -0.05) is 45.0 Å². The van der Waals surface area contributed by atoms with E-state index in [2.05, 4.69) is 20.8 Å². The molecule has 184 valence electrons. The van der Waals surface area contributed by atoms with Gasteiger partial charge in [0, 0.05) is 12.3 Å². The van der Waals surface area contributed by atoms with Crippen LogP contribution >= 0.6 is 0 Å². The van der Waals surface area contributed by atoms with Gasteiger partial charge in [0.1, 0.15) is 17.1 Å². The molecule has 0 saturated heterocycles. The summed E-state index contributed by atoms with van der Waals surface area (Å²) in [6.07, 6.45) is -0.336. The molecule has 6 heteroatoms. The van der Waals surface area contributed by atoms with E-state index >= 15 is 0 Å². The van der Waals surface area contributed by atoms with Gasteiger partial charge in [-0.05, 0) is 65.0 Å². The van der Waals surface area contributed by atoms with E-state index in [-0.39, 0.29) is 11.8 Å². The quantitative estimate of drug-likeness (QED) is 0.519. The highest BCUT2D eigenvalue weighted by Crippen LogP contribution is 2.47. The van der Waals surface area contributed by atoms with Crippen molar-refractivity contribution in [3.8, 4) is 0 Å². The molecule has 1 fully saturated rings. The van der Waals surface area contributed by atoms with E-state index in [1.54, 1.807) is 41.5 Å². The molecule has 0 bridgehead atoms. The summed E-state index contributed by atoms with van der Waals surface area (Å²) in [5.41, 5.74) is -1.69. The number of benzene rings is 1. The molecule has 33 heavy (non-hydrogen) atoms. The Morgan fingerprint density at radius 2 is 1.33 bits per heavy atom. The first-order chi connectivity index (χ1) is 14.7. The molecule has 4 atom stereocenters. The van der Waals surface area contributed by atoms with Crippen LogP contribution in [0.15, 0.2) is 24.3 Å². The molecule has 0 unspecified atom stereocenters. The largest absolute Gasteiger partial charge is 0.460 e. The molecule has 1 aliphatic carbocycles. The van der Waals surface area contributed by atoms with Gasteiger partial charge in [-0.3, -0.25) is 14.4 Å². The van der Waals surface area contributed by atoms with Crippen molar-refractivity contribution in [3.05, 3.63) is 35.4 Å². The first-order valence-electron chi connectivity index (χ1n) is 11.5. The molecule has 0 heterocycles. The van der Waals surface area contributed by atoms with Crippen molar-refractivity contribution in [1.82, 2.24) is 0 Å². The summed E-state index contributed by atoms with van der Waals surface area (Å²) >= 11 is 0. The average Bonchev–Trinajstić information content (AvgIpc) is 2.56. The fraction of sp³-hybridized carbons (Fsp3) is 0.667. The maximum absolute atomic E-state index is 13.4. The fourth-order valence-corrected chi connectivity index (χ4v) is 4.35. The Hall–Kier alpha value is -2.21. The topological polar surface area (TPSA) is 89.9 Å². The van der Waals surface area contributed by atoms with Crippen molar-refractivity contribution in [1.29, 1.82) is 0 Å². The molecule has 1 N–H and O–H groups in total. The van der Waals surface area contributed by atoms with Gasteiger partial charge in [0.25, 0.3) is 0 Å². The van der Waals surface area contributed by atoms with E-state index in [1.165, 1.54) is 6.92 Å². The molecule has 1 aromatic carbocycles. The Morgan fingerprint density at radius 1 is 0.879 bits per heavy atom. The molecule has 0 aromatic heterocycles. The minimum Gasteiger partial charge on any atom is -0.460 e. The van der Waals surface area contributed by atoms with Crippen LogP contribution in [-0.4, -0.2) is 39.6 Å². The highest BCUT2D eigenvalue weighted by Gasteiger charge is 2.57. The van der Waals surface area contributed by atoms with Gasteiger partial charge >= 0.3 is 11.9 Å². The summed E-state index contributed by atoms with van der Waals surface area (Å²) in [6, 6.07) is 7.52. The molecule has 0 spiro atoms. The minimum atomic E-state index is -1.68. The molecular weight excluding hydrogens is 420 g/mol. The van der Waals surface area contributed by atoms with Crippen LogP contribution in [-0.2, 0) is 29.3 Å². The van der Waals surface area contributed by atoms with Gasteiger partial charge in [-0.15, -0.1) is 0 Å². The summed E-state index contributed by atoms with van der Waals surface area (Å²) in [5.74, 6) is -5.03. The van der Waals surface area contributed by atoms with E-state index in [4.69, 9.17) is 9.47 Å². The van der Waals surface area contributed by atoms with Gasteiger partial charge in [0.15, 0.2) is 5.78 Å². The monoisotopic (exact) mass is 460 g/mol. The number of carbonyl (C=O) groups is 3. The summed E-state index contributed by atoms with van der Waals surface area (Å²) in [5, 5.41) is 11.2. The standard InChI is InChI=1S/C27H40O6/c1-24(2,3)17-13-11-16(12-14-17)19-20(22(29)32-25(4,5)6)18(28)15-27(10,31)21(19)23(30)33-26(7,8)9/h11-14,19-21,31H,15H2,1-10H3/t19-,20+,21+,27+/m0/s1. The van der Waals surface area contributed by atoms with Crippen LogP contribution < -0.4 is 0 Å². The molecule has 1 aliphatic rings. The lowest BCUT2D eigenvalue weighted by Crippen LogP contribution is -2.56. The zero-order valence-electron chi connectivity index (χ0n) is 21.7. The molecule has 2 rings (SSSR count). The van der Waals surface area contributed by atoms with Gasteiger partial charge in [-0.25, -0.2) is 0 Å². The number of hydrogen-bond donors (Lipinski definition) is 1. The van der Waals surface area contributed by atoms with Crippen LogP contribution in [0, 0.1) is 11.8 Å². The number of Topliss-reactive ketones (excluding diaryl/α,β-unsaturated/α-hetero) is 1. The van der Waals surface area contributed by atoms with E-state index < -0.39 is 52.3 Å². The van der Waals surface area contributed by atoms with Crippen molar-refractivity contribution in [3.63, 3.8) is 0 Å².